The van der Waals surface area contributed by atoms with E-state index in [-0.39, 0.29) is 24.0 Å². The number of hydroxylamine groups is 2. The Balaban J connectivity index is 1.98. The summed E-state index contributed by atoms with van der Waals surface area (Å²) in [4.78, 5) is 18.6. The normalized spacial score (nSPS) is 18.2. The van der Waals surface area contributed by atoms with Gasteiger partial charge in [0.1, 0.15) is 0 Å². The van der Waals surface area contributed by atoms with Gasteiger partial charge in [-0.3, -0.25) is 0 Å². The summed E-state index contributed by atoms with van der Waals surface area (Å²) in [6.45, 7) is 8.27. The van der Waals surface area contributed by atoms with Gasteiger partial charge in [-0.15, -0.1) is 5.06 Å². The van der Waals surface area contributed by atoms with Gasteiger partial charge >= 0.3 is 6.09 Å². The molecule has 5 heteroatoms. The van der Waals surface area contributed by atoms with Crippen molar-refractivity contribution in [2.75, 3.05) is 6.54 Å². The number of benzene rings is 2. The number of fused-ring (bicyclic) bond motifs is 1. The number of hydrogen-bond acceptors (Lipinski definition) is 4. The van der Waals surface area contributed by atoms with E-state index >= 15 is 0 Å². The van der Waals surface area contributed by atoms with Gasteiger partial charge in [0.25, 0.3) is 0 Å². The standard InChI is InChI=1S/C24H32N2O3/c1-17(27)16-25-23(28)29-26(21-15-14-18-10-8-9-13-20(18)21)22(24(2,3)4)19-11-6-5-7-12-19/h5-13,17,21-22,27H,14-16H2,1-4H3,(H,25,28). The third kappa shape index (κ3) is 5.17. The zero-order valence-electron chi connectivity index (χ0n) is 17.8. The summed E-state index contributed by atoms with van der Waals surface area (Å²) < 4.78 is 0. The van der Waals surface area contributed by atoms with E-state index in [1.807, 2.05) is 29.3 Å². The second-order valence-corrected chi connectivity index (χ2v) is 8.90. The summed E-state index contributed by atoms with van der Waals surface area (Å²) in [6.07, 6.45) is 0.681. The molecule has 0 saturated heterocycles. The minimum Gasteiger partial charge on any atom is -0.392 e. The molecule has 0 heterocycles. The molecule has 0 bridgehead atoms. The Labute approximate surface area is 173 Å². The number of aliphatic hydroxyl groups excluding tert-OH is 1. The Kier molecular flexibility index (Phi) is 6.60. The molecule has 1 amide bonds. The van der Waals surface area contributed by atoms with Crippen molar-refractivity contribution in [2.24, 2.45) is 5.41 Å². The summed E-state index contributed by atoms with van der Waals surface area (Å²) in [5.74, 6) is 0. The molecule has 156 valence electrons. The lowest BCUT2D eigenvalue weighted by Crippen LogP contribution is -2.43. The van der Waals surface area contributed by atoms with E-state index in [1.165, 1.54) is 11.1 Å². The smallest absolute Gasteiger partial charge is 0.392 e. The van der Waals surface area contributed by atoms with Crippen LogP contribution in [0.4, 0.5) is 4.79 Å². The van der Waals surface area contributed by atoms with Crippen LogP contribution < -0.4 is 5.32 Å². The van der Waals surface area contributed by atoms with Gasteiger partial charge in [-0.2, -0.15) is 0 Å². The first-order chi connectivity index (χ1) is 13.8. The zero-order valence-corrected chi connectivity index (χ0v) is 17.8. The van der Waals surface area contributed by atoms with Crippen LogP contribution in [0, 0.1) is 5.41 Å². The molecule has 1 aliphatic carbocycles. The summed E-state index contributed by atoms with van der Waals surface area (Å²) >= 11 is 0. The van der Waals surface area contributed by atoms with Crippen molar-refractivity contribution in [3.05, 3.63) is 71.3 Å². The van der Waals surface area contributed by atoms with Crippen LogP contribution in [-0.4, -0.2) is 28.9 Å². The summed E-state index contributed by atoms with van der Waals surface area (Å²) in [7, 11) is 0. The molecule has 29 heavy (non-hydrogen) atoms. The highest BCUT2D eigenvalue weighted by atomic mass is 16.7. The maximum Gasteiger partial charge on any atom is 0.426 e. The molecule has 0 spiro atoms. The van der Waals surface area contributed by atoms with Crippen LogP contribution in [0.15, 0.2) is 54.6 Å². The third-order valence-corrected chi connectivity index (χ3v) is 5.33. The molecule has 0 fully saturated rings. The molecule has 2 aromatic rings. The van der Waals surface area contributed by atoms with E-state index in [9.17, 15) is 9.90 Å². The maximum absolute atomic E-state index is 12.6. The summed E-state index contributed by atoms with van der Waals surface area (Å²) in [5, 5.41) is 14.0. The van der Waals surface area contributed by atoms with Gasteiger partial charge < -0.3 is 15.3 Å². The number of aliphatic hydroxyl groups is 1. The molecule has 0 radical (unpaired) electrons. The van der Waals surface area contributed by atoms with Crippen LogP contribution >= 0.6 is 0 Å². The van der Waals surface area contributed by atoms with Gasteiger partial charge in [-0.25, -0.2) is 4.79 Å². The molecule has 2 aromatic carbocycles. The fourth-order valence-electron chi connectivity index (χ4n) is 4.12. The van der Waals surface area contributed by atoms with Crippen LogP contribution in [0.2, 0.25) is 0 Å². The Morgan fingerprint density at radius 1 is 1.17 bits per heavy atom. The third-order valence-electron chi connectivity index (χ3n) is 5.33. The highest BCUT2D eigenvalue weighted by molar-refractivity contribution is 5.67. The average Bonchev–Trinajstić information content (AvgIpc) is 3.09. The van der Waals surface area contributed by atoms with Crippen molar-refractivity contribution in [3.63, 3.8) is 0 Å². The molecule has 1 aliphatic rings. The second kappa shape index (κ2) is 8.97. The van der Waals surface area contributed by atoms with Crippen LogP contribution in [0.25, 0.3) is 0 Å². The van der Waals surface area contributed by atoms with E-state index in [0.29, 0.717) is 0 Å². The monoisotopic (exact) mass is 396 g/mol. The molecule has 2 N–H and O–H groups in total. The minimum absolute atomic E-state index is 0.0204. The van der Waals surface area contributed by atoms with Gasteiger partial charge in [0.05, 0.1) is 18.2 Å². The maximum atomic E-state index is 12.6. The van der Waals surface area contributed by atoms with Crippen molar-refractivity contribution in [2.45, 2.75) is 58.7 Å². The molecule has 3 rings (SSSR count). The molecular weight excluding hydrogens is 364 g/mol. The highest BCUT2D eigenvalue weighted by Gasteiger charge is 2.41. The molecule has 0 aliphatic heterocycles. The number of carbonyl (C=O) groups is 1. The van der Waals surface area contributed by atoms with Crippen LogP contribution in [-0.2, 0) is 11.3 Å². The topological polar surface area (TPSA) is 61.8 Å². The predicted molar refractivity (Wildman–Crippen MR) is 114 cm³/mol. The van der Waals surface area contributed by atoms with E-state index < -0.39 is 12.2 Å². The van der Waals surface area contributed by atoms with E-state index in [0.717, 1.165) is 18.4 Å². The lowest BCUT2D eigenvalue weighted by molar-refractivity contribution is -0.188. The molecule has 0 saturated carbocycles. The van der Waals surface area contributed by atoms with Gasteiger partial charge in [0.2, 0.25) is 0 Å². The van der Waals surface area contributed by atoms with Gasteiger partial charge in [-0.05, 0) is 41.9 Å². The molecule has 3 atom stereocenters. The van der Waals surface area contributed by atoms with Gasteiger partial charge in [0.15, 0.2) is 0 Å². The SMILES string of the molecule is CC(O)CNC(=O)ON(C1CCc2ccccc21)C(c1ccccc1)C(C)(C)C. The van der Waals surface area contributed by atoms with Crippen LogP contribution in [0.1, 0.15) is 62.9 Å². The predicted octanol–water partition coefficient (Wildman–Crippen LogP) is 4.79. The lowest BCUT2D eigenvalue weighted by Gasteiger charge is -2.42. The first-order valence-electron chi connectivity index (χ1n) is 10.3. The Hall–Kier alpha value is -2.37. The number of amides is 1. The van der Waals surface area contributed by atoms with Crippen molar-refractivity contribution in [1.82, 2.24) is 10.4 Å². The van der Waals surface area contributed by atoms with E-state index in [4.69, 9.17) is 4.84 Å². The molecular formula is C24H32N2O3. The quantitative estimate of drug-likeness (QED) is 0.690. The van der Waals surface area contributed by atoms with Crippen molar-refractivity contribution >= 4 is 6.09 Å². The second-order valence-electron chi connectivity index (χ2n) is 8.90. The number of aryl methyl sites for hydroxylation is 1. The fourth-order valence-corrected chi connectivity index (χ4v) is 4.12. The Morgan fingerprint density at radius 2 is 1.83 bits per heavy atom. The highest BCUT2D eigenvalue weighted by Crippen LogP contribution is 2.46. The number of carbonyl (C=O) groups excluding carboxylic acids is 1. The van der Waals surface area contributed by atoms with Gasteiger partial charge in [-0.1, -0.05) is 75.4 Å². The lowest BCUT2D eigenvalue weighted by atomic mass is 9.81. The molecule has 0 aromatic heterocycles. The fraction of sp³-hybridized carbons (Fsp3) is 0.458. The first-order valence-corrected chi connectivity index (χ1v) is 10.3. The molecule has 5 nitrogen and oxygen atoms in total. The number of rotatable bonds is 6. The summed E-state index contributed by atoms with van der Waals surface area (Å²) in [5.41, 5.74) is 3.44. The number of hydrogen-bond donors (Lipinski definition) is 2. The van der Waals surface area contributed by atoms with Gasteiger partial charge in [0, 0.05) is 6.54 Å². The van der Waals surface area contributed by atoms with E-state index in [2.05, 4.69) is 56.4 Å². The minimum atomic E-state index is -0.629. The first kappa shape index (κ1) is 21.3. The van der Waals surface area contributed by atoms with Crippen LogP contribution in [0.3, 0.4) is 0 Å². The molecule has 3 unspecified atom stereocenters. The average molecular weight is 397 g/mol. The zero-order chi connectivity index (χ0) is 21.0. The van der Waals surface area contributed by atoms with Crippen molar-refractivity contribution in [3.8, 4) is 0 Å². The van der Waals surface area contributed by atoms with Crippen LogP contribution in [0.5, 0.6) is 0 Å². The largest absolute Gasteiger partial charge is 0.426 e. The van der Waals surface area contributed by atoms with Crippen molar-refractivity contribution < 1.29 is 14.7 Å². The van der Waals surface area contributed by atoms with E-state index in [1.54, 1.807) is 6.92 Å². The number of nitrogens with one attached hydrogen (secondary N) is 1. The number of nitrogens with zero attached hydrogens (tertiary/aromatic N) is 1. The summed E-state index contributed by atoms with van der Waals surface area (Å²) in [6, 6.07) is 18.4. The Bertz CT molecular complexity index is 814. The Morgan fingerprint density at radius 3 is 2.48 bits per heavy atom. The van der Waals surface area contributed by atoms with Crippen molar-refractivity contribution in [1.29, 1.82) is 0 Å².